The van der Waals surface area contributed by atoms with Gasteiger partial charge < -0.3 is 4.74 Å². The molecule has 0 aromatic rings. The van der Waals surface area contributed by atoms with E-state index in [9.17, 15) is 9.59 Å². The van der Waals surface area contributed by atoms with E-state index in [-0.39, 0.29) is 5.92 Å². The minimum atomic E-state index is -1.04. The van der Waals surface area contributed by atoms with Crippen molar-refractivity contribution in [2.75, 3.05) is 7.11 Å². The zero-order chi connectivity index (χ0) is 8.85. The molecule has 0 rings (SSSR count). The van der Waals surface area contributed by atoms with Crippen molar-refractivity contribution in [1.82, 2.24) is 0 Å². The molecule has 5 nitrogen and oxygen atoms in total. The lowest BCUT2D eigenvalue weighted by Crippen LogP contribution is -2.15. The first-order valence-electron chi connectivity index (χ1n) is 3.04. The van der Waals surface area contributed by atoms with Gasteiger partial charge in [0.2, 0.25) is 0 Å². The van der Waals surface area contributed by atoms with Gasteiger partial charge in [-0.25, -0.2) is 14.6 Å². The van der Waals surface area contributed by atoms with Crippen molar-refractivity contribution in [3.05, 3.63) is 0 Å². The molecule has 0 saturated carbocycles. The van der Waals surface area contributed by atoms with Crippen molar-refractivity contribution in [3.8, 4) is 0 Å². The van der Waals surface area contributed by atoms with Gasteiger partial charge in [0.05, 0.1) is 13.0 Å². The molecule has 0 aromatic carbocycles. The number of carbonyl (C=O) groups excluding carboxylic acids is 2. The van der Waals surface area contributed by atoms with Crippen LogP contribution in [-0.4, -0.2) is 19.2 Å². The summed E-state index contributed by atoms with van der Waals surface area (Å²) in [6, 6.07) is 0. The Labute approximate surface area is 64.2 Å². The molecule has 0 unspecified atom stereocenters. The number of hydrogen-bond donors (Lipinski definition) is 0. The van der Waals surface area contributed by atoms with Crippen LogP contribution in [0.4, 0.5) is 4.79 Å². The van der Waals surface area contributed by atoms with Crippen LogP contribution in [0.25, 0.3) is 0 Å². The first-order chi connectivity index (χ1) is 5.07. The summed E-state index contributed by atoms with van der Waals surface area (Å²) in [4.78, 5) is 28.8. The summed E-state index contributed by atoms with van der Waals surface area (Å²) in [6.07, 6.45) is -1.04. The minimum Gasteiger partial charge on any atom is -0.435 e. The van der Waals surface area contributed by atoms with Crippen LogP contribution in [0.15, 0.2) is 0 Å². The van der Waals surface area contributed by atoms with E-state index in [1.54, 1.807) is 13.8 Å². The molecule has 5 heteroatoms. The second-order valence-electron chi connectivity index (χ2n) is 2.09. The highest BCUT2D eigenvalue weighted by Gasteiger charge is 2.12. The summed E-state index contributed by atoms with van der Waals surface area (Å²) in [5.41, 5.74) is 0. The highest BCUT2D eigenvalue weighted by Crippen LogP contribution is 1.96. The van der Waals surface area contributed by atoms with E-state index in [1.807, 2.05) is 0 Å². The van der Waals surface area contributed by atoms with Crippen LogP contribution >= 0.6 is 0 Å². The van der Waals surface area contributed by atoms with Crippen LogP contribution in [0.3, 0.4) is 0 Å². The monoisotopic (exact) mass is 162 g/mol. The topological polar surface area (TPSA) is 61.8 Å². The smallest absolute Gasteiger partial charge is 0.435 e. The molecule has 0 aliphatic rings. The molecule has 0 amide bonds. The first-order valence-corrected chi connectivity index (χ1v) is 3.04. The quantitative estimate of drug-likeness (QED) is 0.325. The summed E-state index contributed by atoms with van der Waals surface area (Å²) >= 11 is 0. The van der Waals surface area contributed by atoms with Gasteiger partial charge in [-0.1, -0.05) is 13.8 Å². The van der Waals surface area contributed by atoms with Crippen molar-refractivity contribution in [3.63, 3.8) is 0 Å². The molecule has 0 aromatic heterocycles. The molecule has 0 N–H and O–H groups in total. The van der Waals surface area contributed by atoms with Crippen LogP contribution in [0, 0.1) is 5.92 Å². The molecular formula is C6H10O5. The normalized spacial score (nSPS) is 9.09. The van der Waals surface area contributed by atoms with Gasteiger partial charge in [-0.2, -0.15) is 4.79 Å². The van der Waals surface area contributed by atoms with Crippen molar-refractivity contribution in [1.29, 1.82) is 0 Å². The van der Waals surface area contributed by atoms with Crippen LogP contribution in [0.5, 0.6) is 0 Å². The lowest BCUT2D eigenvalue weighted by atomic mass is 10.2. The fourth-order valence-corrected chi connectivity index (χ4v) is 0.205. The number of carbonyl (C=O) groups is 2. The zero-order valence-electron chi connectivity index (χ0n) is 6.62. The predicted octanol–water partition coefficient (Wildman–Crippen LogP) is 0.884. The lowest BCUT2D eigenvalue weighted by molar-refractivity contribution is -0.245. The SMILES string of the molecule is COC(=O)OOC(=O)C(C)C. The molecule has 0 aliphatic heterocycles. The predicted molar refractivity (Wildman–Crippen MR) is 34.4 cm³/mol. The highest BCUT2D eigenvalue weighted by molar-refractivity contribution is 5.72. The number of methoxy groups -OCH3 is 1. The maximum absolute atomic E-state index is 10.6. The summed E-state index contributed by atoms with van der Waals surface area (Å²) in [5.74, 6) is -0.949. The number of rotatable bonds is 1. The van der Waals surface area contributed by atoms with E-state index in [0.29, 0.717) is 0 Å². The highest BCUT2D eigenvalue weighted by atomic mass is 17.2. The zero-order valence-corrected chi connectivity index (χ0v) is 6.62. The average molecular weight is 162 g/mol. The van der Waals surface area contributed by atoms with Crippen LogP contribution in [0.2, 0.25) is 0 Å². The van der Waals surface area contributed by atoms with Gasteiger partial charge in [0.15, 0.2) is 0 Å². The Balaban J connectivity index is 3.54. The maximum Gasteiger partial charge on any atom is 0.549 e. The fraction of sp³-hybridized carbons (Fsp3) is 0.667. The Kier molecular flexibility index (Phi) is 4.02. The molecule has 0 bridgehead atoms. The van der Waals surface area contributed by atoms with Gasteiger partial charge in [0, 0.05) is 0 Å². The second kappa shape index (κ2) is 4.54. The van der Waals surface area contributed by atoms with Crippen molar-refractivity contribution in [2.45, 2.75) is 13.8 Å². The average Bonchev–Trinajstić information content (AvgIpc) is 1.99. The summed E-state index contributed by atoms with van der Waals surface area (Å²) in [5, 5.41) is 0. The molecule has 64 valence electrons. The van der Waals surface area contributed by atoms with Crippen molar-refractivity contribution in [2.24, 2.45) is 5.92 Å². The fourth-order valence-electron chi connectivity index (χ4n) is 0.205. The Morgan fingerprint density at radius 1 is 1.18 bits per heavy atom. The Morgan fingerprint density at radius 3 is 2.09 bits per heavy atom. The summed E-state index contributed by atoms with van der Waals surface area (Å²) < 4.78 is 4.04. The van der Waals surface area contributed by atoms with E-state index in [0.717, 1.165) is 7.11 Å². The van der Waals surface area contributed by atoms with E-state index in [1.165, 1.54) is 0 Å². The van der Waals surface area contributed by atoms with Gasteiger partial charge in [0.1, 0.15) is 0 Å². The molecule has 0 aliphatic carbocycles. The first kappa shape index (κ1) is 9.74. The molecule has 11 heavy (non-hydrogen) atoms. The molecule has 0 radical (unpaired) electrons. The number of hydrogen-bond acceptors (Lipinski definition) is 5. The van der Waals surface area contributed by atoms with Gasteiger partial charge in [-0.15, -0.1) is 0 Å². The van der Waals surface area contributed by atoms with Gasteiger partial charge >= 0.3 is 12.1 Å². The molecule has 0 saturated heterocycles. The Bertz CT molecular complexity index is 151. The molecule has 0 heterocycles. The number of ether oxygens (including phenoxy) is 1. The van der Waals surface area contributed by atoms with Crippen LogP contribution in [-0.2, 0) is 19.3 Å². The molecule has 0 spiro atoms. The third-order valence-corrected chi connectivity index (χ3v) is 0.830. The molecular weight excluding hydrogens is 152 g/mol. The standard InChI is InChI=1S/C6H10O5/c1-4(2)5(7)10-11-6(8)9-3/h4H,1-3H3. The molecule has 0 atom stereocenters. The summed E-state index contributed by atoms with van der Waals surface area (Å²) in [6.45, 7) is 3.23. The van der Waals surface area contributed by atoms with Crippen molar-refractivity contribution >= 4 is 12.1 Å². The van der Waals surface area contributed by atoms with Gasteiger partial charge in [-0.05, 0) is 0 Å². The second-order valence-corrected chi connectivity index (χ2v) is 2.09. The van der Waals surface area contributed by atoms with E-state index in [2.05, 4.69) is 14.5 Å². The largest absolute Gasteiger partial charge is 0.549 e. The van der Waals surface area contributed by atoms with Gasteiger partial charge in [-0.3, -0.25) is 0 Å². The Hall–Kier alpha value is -1.26. The minimum absolute atomic E-state index is 0.334. The van der Waals surface area contributed by atoms with E-state index < -0.39 is 12.1 Å². The lowest BCUT2D eigenvalue weighted by Gasteiger charge is -2.02. The van der Waals surface area contributed by atoms with Crippen LogP contribution < -0.4 is 0 Å². The van der Waals surface area contributed by atoms with Crippen LogP contribution in [0.1, 0.15) is 13.8 Å². The molecule has 0 fully saturated rings. The van der Waals surface area contributed by atoms with Crippen molar-refractivity contribution < 1.29 is 24.1 Å². The van der Waals surface area contributed by atoms with E-state index in [4.69, 9.17) is 0 Å². The van der Waals surface area contributed by atoms with Gasteiger partial charge in [0.25, 0.3) is 0 Å². The van der Waals surface area contributed by atoms with E-state index >= 15 is 0 Å². The summed E-state index contributed by atoms with van der Waals surface area (Å²) in [7, 11) is 1.12. The Morgan fingerprint density at radius 2 is 1.73 bits per heavy atom. The third-order valence-electron chi connectivity index (χ3n) is 0.830. The third kappa shape index (κ3) is 4.19. The maximum atomic E-state index is 10.6.